The molecule has 2 N–H and O–H groups in total. The second-order valence-electron chi connectivity index (χ2n) is 9.33. The molecule has 1 aliphatic carbocycles. The van der Waals surface area contributed by atoms with E-state index >= 15 is 0 Å². The lowest BCUT2D eigenvalue weighted by molar-refractivity contribution is -0.138. The van der Waals surface area contributed by atoms with Crippen molar-refractivity contribution in [1.82, 2.24) is 5.32 Å². The van der Waals surface area contributed by atoms with Gasteiger partial charge in [0.25, 0.3) is 0 Å². The molecule has 0 aromatic heterocycles. The summed E-state index contributed by atoms with van der Waals surface area (Å²) in [6.07, 6.45) is 5.52. The summed E-state index contributed by atoms with van der Waals surface area (Å²) < 4.78 is 31.6. The molecule has 1 atom stereocenters. The standard InChI is InChI=1S/C33H35NO11/c1-3-29(35)41-21-6-5-20-40-25-11-7-23(8-12-25)31(37)43-26-15-17-27(18-16-26)44-32(38)24-9-13-28(14-10-24)45-33(39)34-19-22-42-30(36)4-2/h3-4,7-15,17,32,38H,1-2,5-6,16,18-22H2,(H,34,39). The molecule has 0 heterocycles. The van der Waals surface area contributed by atoms with Gasteiger partial charge in [-0.05, 0) is 73.5 Å². The number of allylic oxidation sites excluding steroid dienone is 4. The molecule has 2 aromatic carbocycles. The Kier molecular flexibility index (Phi) is 13.9. The molecule has 1 aliphatic rings. The van der Waals surface area contributed by atoms with E-state index in [4.69, 9.17) is 28.4 Å². The molecule has 0 spiro atoms. The molecule has 1 unspecified atom stereocenters. The van der Waals surface area contributed by atoms with Crippen molar-refractivity contribution in [1.29, 1.82) is 0 Å². The van der Waals surface area contributed by atoms with E-state index in [9.17, 15) is 24.3 Å². The highest BCUT2D eigenvalue weighted by molar-refractivity contribution is 5.90. The molecule has 12 nitrogen and oxygen atoms in total. The molecule has 1 amide bonds. The zero-order valence-corrected chi connectivity index (χ0v) is 24.6. The van der Waals surface area contributed by atoms with E-state index in [-0.39, 0.29) is 18.9 Å². The lowest BCUT2D eigenvalue weighted by atomic mass is 10.1. The summed E-state index contributed by atoms with van der Waals surface area (Å²) in [6.45, 7) is 7.39. The predicted molar refractivity (Wildman–Crippen MR) is 161 cm³/mol. The van der Waals surface area contributed by atoms with Crippen molar-refractivity contribution < 1.29 is 52.7 Å². The van der Waals surface area contributed by atoms with Gasteiger partial charge >= 0.3 is 24.0 Å². The van der Waals surface area contributed by atoms with Crippen molar-refractivity contribution in [3.8, 4) is 11.5 Å². The van der Waals surface area contributed by atoms with Crippen LogP contribution in [0.3, 0.4) is 0 Å². The molecule has 45 heavy (non-hydrogen) atoms. The van der Waals surface area contributed by atoms with Crippen LogP contribution in [0.1, 0.15) is 47.9 Å². The molecule has 0 radical (unpaired) electrons. The fourth-order valence-electron chi connectivity index (χ4n) is 3.69. The number of ether oxygens (including phenoxy) is 6. The van der Waals surface area contributed by atoms with Crippen LogP contribution in [0.4, 0.5) is 4.79 Å². The first-order chi connectivity index (χ1) is 21.8. The van der Waals surface area contributed by atoms with Gasteiger partial charge in [0.1, 0.15) is 29.6 Å². The third-order valence-electron chi connectivity index (χ3n) is 6.03. The molecule has 12 heteroatoms. The maximum Gasteiger partial charge on any atom is 0.412 e. The van der Waals surface area contributed by atoms with Gasteiger partial charge in [0.05, 0.1) is 25.3 Å². The predicted octanol–water partition coefficient (Wildman–Crippen LogP) is 4.82. The van der Waals surface area contributed by atoms with Gasteiger partial charge in [-0.1, -0.05) is 13.2 Å². The van der Waals surface area contributed by atoms with Gasteiger partial charge in [0, 0.05) is 30.6 Å². The molecular weight excluding hydrogens is 586 g/mol. The van der Waals surface area contributed by atoms with Gasteiger partial charge in [-0.15, -0.1) is 0 Å². The molecule has 0 fully saturated rings. The Morgan fingerprint density at radius 2 is 1.38 bits per heavy atom. The Morgan fingerprint density at radius 3 is 2.02 bits per heavy atom. The first-order valence-electron chi connectivity index (χ1n) is 14.1. The Morgan fingerprint density at radius 1 is 0.778 bits per heavy atom. The molecule has 238 valence electrons. The van der Waals surface area contributed by atoms with Crippen LogP contribution in [0, 0.1) is 0 Å². The minimum absolute atomic E-state index is 0.0246. The number of rotatable bonds is 17. The highest BCUT2D eigenvalue weighted by atomic mass is 16.6. The number of esters is 3. The summed E-state index contributed by atoms with van der Waals surface area (Å²) in [6, 6.07) is 12.7. The van der Waals surface area contributed by atoms with Crippen molar-refractivity contribution in [2.24, 2.45) is 0 Å². The summed E-state index contributed by atoms with van der Waals surface area (Å²) >= 11 is 0. The fraction of sp³-hybridized carbons (Fsp3) is 0.273. The van der Waals surface area contributed by atoms with Gasteiger partial charge in [-0.2, -0.15) is 0 Å². The Labute approximate surface area is 260 Å². The highest BCUT2D eigenvalue weighted by Crippen LogP contribution is 2.27. The van der Waals surface area contributed by atoms with E-state index in [0.717, 1.165) is 12.2 Å². The number of aliphatic hydroxyl groups is 1. The number of amides is 1. The van der Waals surface area contributed by atoms with E-state index in [1.165, 1.54) is 12.1 Å². The topological polar surface area (TPSA) is 156 Å². The average Bonchev–Trinajstić information content (AvgIpc) is 3.05. The monoisotopic (exact) mass is 621 g/mol. The number of hydrogen-bond acceptors (Lipinski definition) is 11. The van der Waals surface area contributed by atoms with E-state index in [2.05, 4.69) is 18.5 Å². The zero-order chi connectivity index (χ0) is 32.4. The van der Waals surface area contributed by atoms with Crippen LogP contribution in [0.5, 0.6) is 11.5 Å². The van der Waals surface area contributed by atoms with Crippen LogP contribution in [0.25, 0.3) is 0 Å². The fourth-order valence-corrected chi connectivity index (χ4v) is 3.69. The van der Waals surface area contributed by atoms with Crippen molar-refractivity contribution in [2.75, 3.05) is 26.4 Å². The molecular formula is C33H35NO11. The maximum atomic E-state index is 12.6. The van der Waals surface area contributed by atoms with Crippen LogP contribution >= 0.6 is 0 Å². The summed E-state index contributed by atoms with van der Waals surface area (Å²) in [7, 11) is 0. The average molecular weight is 622 g/mol. The number of carbonyl (C=O) groups excluding carboxylic acids is 4. The van der Waals surface area contributed by atoms with Gasteiger partial charge in [-0.25, -0.2) is 19.2 Å². The normalized spacial score (nSPS) is 12.7. The highest BCUT2D eigenvalue weighted by Gasteiger charge is 2.17. The SMILES string of the molecule is C=CC(=O)OCCCCOc1ccc(C(=O)OC2=CC=C(OC(O)c3ccc(OC(=O)NCCOC(=O)C=C)cc3)CC2)cc1. The summed E-state index contributed by atoms with van der Waals surface area (Å²) in [5.41, 5.74) is 0.794. The summed E-state index contributed by atoms with van der Waals surface area (Å²) in [4.78, 5) is 46.4. The third kappa shape index (κ3) is 12.4. The second kappa shape index (κ2) is 18.3. The van der Waals surface area contributed by atoms with E-state index in [1.807, 2.05) is 0 Å². The summed E-state index contributed by atoms with van der Waals surface area (Å²) in [5, 5.41) is 12.9. The Balaban J connectivity index is 1.38. The minimum Gasteiger partial charge on any atom is -0.494 e. The largest absolute Gasteiger partial charge is 0.494 e. The van der Waals surface area contributed by atoms with E-state index in [0.29, 0.717) is 67.3 Å². The third-order valence-corrected chi connectivity index (χ3v) is 6.03. The number of unbranched alkanes of at least 4 members (excludes halogenated alkanes) is 1. The number of benzene rings is 2. The van der Waals surface area contributed by atoms with Crippen molar-refractivity contribution in [2.45, 2.75) is 32.0 Å². The molecule has 0 bridgehead atoms. The molecule has 0 aliphatic heterocycles. The molecule has 3 rings (SSSR count). The van der Waals surface area contributed by atoms with Gasteiger partial charge < -0.3 is 38.8 Å². The lowest BCUT2D eigenvalue weighted by Crippen LogP contribution is -2.30. The lowest BCUT2D eigenvalue weighted by Gasteiger charge is -2.19. The van der Waals surface area contributed by atoms with Crippen molar-refractivity contribution in [3.63, 3.8) is 0 Å². The number of nitrogens with one attached hydrogen (secondary N) is 1. The Bertz CT molecular complexity index is 1390. The van der Waals surface area contributed by atoms with Crippen LogP contribution in [-0.2, 0) is 28.5 Å². The maximum absolute atomic E-state index is 12.6. The second-order valence-corrected chi connectivity index (χ2v) is 9.33. The van der Waals surface area contributed by atoms with Crippen LogP contribution in [0.2, 0.25) is 0 Å². The van der Waals surface area contributed by atoms with Crippen molar-refractivity contribution in [3.05, 3.63) is 109 Å². The molecule has 2 aromatic rings. The quantitative estimate of drug-likeness (QED) is 0.0821. The first-order valence-corrected chi connectivity index (χ1v) is 14.1. The van der Waals surface area contributed by atoms with Gasteiger partial charge in [0.15, 0.2) is 0 Å². The zero-order valence-electron chi connectivity index (χ0n) is 24.6. The molecule has 0 saturated carbocycles. The van der Waals surface area contributed by atoms with E-state index in [1.54, 1.807) is 48.6 Å². The summed E-state index contributed by atoms with van der Waals surface area (Å²) in [5.74, 6) is 0.237. The van der Waals surface area contributed by atoms with Gasteiger partial charge in [0.2, 0.25) is 6.29 Å². The Hall–Kier alpha value is -5.36. The first kappa shape index (κ1) is 34.1. The van der Waals surface area contributed by atoms with Crippen LogP contribution in [0.15, 0.2) is 97.5 Å². The minimum atomic E-state index is -1.27. The molecule has 0 saturated heterocycles. The van der Waals surface area contributed by atoms with Gasteiger partial charge in [-0.3, -0.25) is 0 Å². The van der Waals surface area contributed by atoms with Crippen molar-refractivity contribution >= 4 is 24.0 Å². The number of hydrogen-bond donors (Lipinski definition) is 2. The van der Waals surface area contributed by atoms with Crippen LogP contribution < -0.4 is 14.8 Å². The van der Waals surface area contributed by atoms with Crippen LogP contribution in [-0.4, -0.2) is 55.5 Å². The number of aliphatic hydroxyl groups excluding tert-OH is 1. The smallest absolute Gasteiger partial charge is 0.412 e. The number of carbonyl (C=O) groups is 4. The van der Waals surface area contributed by atoms with E-state index < -0.39 is 30.3 Å².